The molecule has 8 heteroatoms. The fourth-order valence-electron chi connectivity index (χ4n) is 0.897. The summed E-state index contributed by atoms with van der Waals surface area (Å²) >= 11 is 0. The standard InChI is InChI=1S/C10H19N5O3/c1-6(2)8(16)15-18-9(17)7(11)4-3-5-14-10(12)13/h7H,1,3-5,11H2,2H3,(H,15,16)(H4,12,13,14)/t7-/m0/s1. The maximum absolute atomic E-state index is 11.3. The van der Waals surface area contributed by atoms with Crippen LogP contribution in [0.4, 0.5) is 0 Å². The zero-order valence-electron chi connectivity index (χ0n) is 10.3. The summed E-state index contributed by atoms with van der Waals surface area (Å²) in [6.07, 6.45) is 0.876. The Morgan fingerprint density at radius 1 is 1.44 bits per heavy atom. The Kier molecular flexibility index (Phi) is 7.13. The molecule has 0 aromatic heterocycles. The van der Waals surface area contributed by atoms with Crippen LogP contribution in [0.5, 0.6) is 0 Å². The van der Waals surface area contributed by atoms with Gasteiger partial charge in [0.15, 0.2) is 5.96 Å². The highest BCUT2D eigenvalue weighted by atomic mass is 16.7. The lowest BCUT2D eigenvalue weighted by atomic mass is 10.2. The topological polar surface area (TPSA) is 146 Å². The molecule has 0 saturated carbocycles. The van der Waals surface area contributed by atoms with Crippen LogP contribution in [0.25, 0.3) is 0 Å². The largest absolute Gasteiger partial charge is 0.370 e. The van der Waals surface area contributed by atoms with Crippen LogP contribution in [0.1, 0.15) is 19.8 Å². The van der Waals surface area contributed by atoms with E-state index in [1.54, 1.807) is 0 Å². The van der Waals surface area contributed by atoms with Gasteiger partial charge in [-0.15, -0.1) is 0 Å². The van der Waals surface area contributed by atoms with Gasteiger partial charge in [-0.2, -0.15) is 5.48 Å². The number of nitrogens with zero attached hydrogens (tertiary/aromatic N) is 1. The van der Waals surface area contributed by atoms with Crippen molar-refractivity contribution < 1.29 is 14.4 Å². The van der Waals surface area contributed by atoms with E-state index in [9.17, 15) is 9.59 Å². The second-order valence-corrected chi connectivity index (χ2v) is 3.69. The van der Waals surface area contributed by atoms with E-state index in [1.165, 1.54) is 6.92 Å². The van der Waals surface area contributed by atoms with E-state index in [0.717, 1.165) is 0 Å². The van der Waals surface area contributed by atoms with Gasteiger partial charge >= 0.3 is 5.97 Å². The molecule has 1 amide bonds. The number of carbonyl (C=O) groups excluding carboxylic acids is 2. The molecule has 0 aliphatic heterocycles. The lowest BCUT2D eigenvalue weighted by Crippen LogP contribution is -2.38. The van der Waals surface area contributed by atoms with Gasteiger partial charge in [-0.25, -0.2) is 4.79 Å². The van der Waals surface area contributed by atoms with E-state index >= 15 is 0 Å². The molecule has 102 valence electrons. The van der Waals surface area contributed by atoms with Crippen LogP contribution in [0.3, 0.4) is 0 Å². The smallest absolute Gasteiger partial charge is 0.348 e. The second kappa shape index (κ2) is 8.07. The third kappa shape index (κ3) is 7.23. The number of amides is 1. The summed E-state index contributed by atoms with van der Waals surface area (Å²) in [4.78, 5) is 30.6. The van der Waals surface area contributed by atoms with E-state index in [1.807, 2.05) is 5.48 Å². The van der Waals surface area contributed by atoms with Crippen molar-refractivity contribution in [3.05, 3.63) is 12.2 Å². The second-order valence-electron chi connectivity index (χ2n) is 3.69. The Balaban J connectivity index is 3.86. The maximum Gasteiger partial charge on any atom is 0.348 e. The number of nitrogens with one attached hydrogen (secondary N) is 1. The molecule has 0 spiro atoms. The first-order chi connectivity index (χ1) is 8.34. The third-order valence-corrected chi connectivity index (χ3v) is 1.90. The lowest BCUT2D eigenvalue weighted by molar-refractivity contribution is -0.158. The summed E-state index contributed by atoms with van der Waals surface area (Å²) < 4.78 is 0. The van der Waals surface area contributed by atoms with Gasteiger partial charge < -0.3 is 22.0 Å². The van der Waals surface area contributed by atoms with Crippen molar-refractivity contribution in [1.29, 1.82) is 0 Å². The van der Waals surface area contributed by atoms with E-state index in [-0.39, 0.29) is 11.5 Å². The molecular weight excluding hydrogens is 238 g/mol. The molecule has 0 aliphatic rings. The minimum Gasteiger partial charge on any atom is -0.370 e. The van der Waals surface area contributed by atoms with Crippen LogP contribution in [0, 0.1) is 0 Å². The monoisotopic (exact) mass is 257 g/mol. The highest BCUT2D eigenvalue weighted by Crippen LogP contribution is 1.97. The maximum atomic E-state index is 11.3. The van der Waals surface area contributed by atoms with Crippen LogP contribution in [-0.4, -0.2) is 30.4 Å². The predicted molar refractivity (Wildman–Crippen MR) is 66.9 cm³/mol. The highest BCUT2D eigenvalue weighted by molar-refractivity contribution is 5.92. The van der Waals surface area contributed by atoms with Gasteiger partial charge in [0.25, 0.3) is 5.91 Å². The summed E-state index contributed by atoms with van der Waals surface area (Å²) in [5.74, 6) is -1.31. The fraction of sp³-hybridized carbons (Fsp3) is 0.500. The van der Waals surface area contributed by atoms with Gasteiger partial charge in [0.2, 0.25) is 0 Å². The van der Waals surface area contributed by atoms with Crippen molar-refractivity contribution in [2.45, 2.75) is 25.8 Å². The molecule has 0 unspecified atom stereocenters. The average molecular weight is 257 g/mol. The number of guanidine groups is 1. The van der Waals surface area contributed by atoms with Crippen molar-refractivity contribution in [2.24, 2.45) is 22.2 Å². The van der Waals surface area contributed by atoms with Crippen molar-refractivity contribution in [3.63, 3.8) is 0 Å². The van der Waals surface area contributed by atoms with Gasteiger partial charge in [0.05, 0.1) is 0 Å². The summed E-state index contributed by atoms with van der Waals surface area (Å²) in [5, 5.41) is 0. The quantitative estimate of drug-likeness (QED) is 0.150. The molecule has 0 aromatic rings. The van der Waals surface area contributed by atoms with E-state index in [2.05, 4.69) is 16.4 Å². The van der Waals surface area contributed by atoms with Gasteiger partial charge in [-0.1, -0.05) is 6.58 Å². The van der Waals surface area contributed by atoms with E-state index < -0.39 is 17.9 Å². The molecule has 0 bridgehead atoms. The highest BCUT2D eigenvalue weighted by Gasteiger charge is 2.16. The van der Waals surface area contributed by atoms with E-state index in [0.29, 0.717) is 19.4 Å². The van der Waals surface area contributed by atoms with Crippen LogP contribution in [-0.2, 0) is 14.4 Å². The summed E-state index contributed by atoms with van der Waals surface area (Å²) in [6, 6.07) is -0.843. The zero-order valence-corrected chi connectivity index (χ0v) is 10.3. The SMILES string of the molecule is C=C(C)C(=O)NOC(=O)[C@@H](N)CCCN=C(N)N. The summed E-state index contributed by atoms with van der Waals surface area (Å²) in [6.45, 7) is 5.24. The van der Waals surface area contributed by atoms with Crippen molar-refractivity contribution in [1.82, 2.24) is 5.48 Å². The van der Waals surface area contributed by atoms with Crippen LogP contribution in [0.2, 0.25) is 0 Å². The summed E-state index contributed by atoms with van der Waals surface area (Å²) in [5.41, 5.74) is 18.0. The minimum absolute atomic E-state index is 0.0140. The zero-order chi connectivity index (χ0) is 14.1. The average Bonchev–Trinajstić information content (AvgIpc) is 2.30. The van der Waals surface area contributed by atoms with Gasteiger partial charge in [-0.3, -0.25) is 9.79 Å². The predicted octanol–water partition coefficient (Wildman–Crippen LogP) is -1.48. The first-order valence-corrected chi connectivity index (χ1v) is 5.32. The molecule has 18 heavy (non-hydrogen) atoms. The van der Waals surface area contributed by atoms with Crippen LogP contribution < -0.4 is 22.7 Å². The van der Waals surface area contributed by atoms with Gasteiger partial charge in [0, 0.05) is 12.1 Å². The molecule has 0 saturated heterocycles. The molecule has 0 heterocycles. The molecule has 1 atom stereocenters. The molecule has 0 fully saturated rings. The third-order valence-electron chi connectivity index (χ3n) is 1.90. The van der Waals surface area contributed by atoms with Crippen molar-refractivity contribution >= 4 is 17.8 Å². The molecule has 0 radical (unpaired) electrons. The number of hydrogen-bond acceptors (Lipinski definition) is 5. The number of hydrogen-bond donors (Lipinski definition) is 4. The van der Waals surface area contributed by atoms with E-state index in [4.69, 9.17) is 17.2 Å². The van der Waals surface area contributed by atoms with Gasteiger partial charge in [0.1, 0.15) is 6.04 Å². The first-order valence-electron chi connectivity index (χ1n) is 5.32. The Hall–Kier alpha value is -2.09. The molecule has 0 aromatic carbocycles. The molecular formula is C10H19N5O3. The molecule has 8 nitrogen and oxygen atoms in total. The minimum atomic E-state index is -0.843. The van der Waals surface area contributed by atoms with Crippen LogP contribution >= 0.6 is 0 Å². The number of aliphatic imine (C=N–C) groups is 1. The molecule has 0 aliphatic carbocycles. The number of rotatable bonds is 6. The Morgan fingerprint density at radius 2 is 2.06 bits per heavy atom. The fourth-order valence-corrected chi connectivity index (χ4v) is 0.897. The number of hydroxylamine groups is 1. The number of nitrogens with two attached hydrogens (primary N) is 3. The normalized spacial score (nSPS) is 11.2. The van der Waals surface area contributed by atoms with Crippen molar-refractivity contribution in [2.75, 3.05) is 6.54 Å². The van der Waals surface area contributed by atoms with Crippen LogP contribution in [0.15, 0.2) is 17.1 Å². The Labute approximate surface area is 105 Å². The Morgan fingerprint density at radius 3 is 2.56 bits per heavy atom. The van der Waals surface area contributed by atoms with Crippen molar-refractivity contribution in [3.8, 4) is 0 Å². The summed E-state index contributed by atoms with van der Waals surface area (Å²) in [7, 11) is 0. The molecule has 0 rings (SSSR count). The lowest BCUT2D eigenvalue weighted by Gasteiger charge is -2.10. The number of carbonyl (C=O) groups is 2. The molecule has 7 N–H and O–H groups in total. The first kappa shape index (κ1) is 15.9. The van der Waals surface area contributed by atoms with Gasteiger partial charge in [-0.05, 0) is 19.8 Å². The Bertz CT molecular complexity index is 349.